The summed E-state index contributed by atoms with van der Waals surface area (Å²) < 4.78 is 0. The molecule has 142 valence electrons. The van der Waals surface area contributed by atoms with E-state index in [1.807, 2.05) is 0 Å². The van der Waals surface area contributed by atoms with Crippen LogP contribution in [0.5, 0.6) is 0 Å². The molecule has 0 radical (unpaired) electrons. The van der Waals surface area contributed by atoms with E-state index in [9.17, 15) is 9.59 Å². The second-order valence-electron chi connectivity index (χ2n) is 5.81. The van der Waals surface area contributed by atoms with Gasteiger partial charge >= 0.3 is 0 Å². The number of hydrogen-bond acceptors (Lipinski definition) is 8. The molecule has 2 amide bonds. The summed E-state index contributed by atoms with van der Waals surface area (Å²) in [6.07, 6.45) is 0.727. The lowest BCUT2D eigenvalue weighted by Crippen LogP contribution is -2.57. The van der Waals surface area contributed by atoms with E-state index in [-0.39, 0.29) is 12.8 Å². The van der Waals surface area contributed by atoms with E-state index in [4.69, 9.17) is 30.6 Å². The maximum absolute atomic E-state index is 11.7. The standard InChI is InChI=1S/C14H28N2O8/c17-5-13(6-18,7-19)15-11(23)3-1-2-4-12(24)16-14(8-20,9-21)10-22/h17-22H,1-10H2,(H,15,23)(H,16,24). The highest BCUT2D eigenvalue weighted by Gasteiger charge is 2.30. The number of hydrogen-bond donors (Lipinski definition) is 8. The molecule has 0 saturated heterocycles. The number of amides is 2. The summed E-state index contributed by atoms with van der Waals surface area (Å²) in [4.78, 5) is 23.4. The molecule has 0 rings (SSSR count). The van der Waals surface area contributed by atoms with Crippen LogP contribution in [0.2, 0.25) is 0 Å². The number of carbonyl (C=O) groups excluding carboxylic acids is 2. The molecule has 0 unspecified atom stereocenters. The fourth-order valence-corrected chi connectivity index (χ4v) is 1.82. The predicted octanol–water partition coefficient (Wildman–Crippen LogP) is -3.79. The molecule has 0 bridgehead atoms. The highest BCUT2D eigenvalue weighted by molar-refractivity contribution is 5.78. The maximum Gasteiger partial charge on any atom is 0.220 e. The first-order chi connectivity index (χ1) is 11.4. The van der Waals surface area contributed by atoms with Crippen molar-refractivity contribution in [3.63, 3.8) is 0 Å². The summed E-state index contributed by atoms with van der Waals surface area (Å²) in [7, 11) is 0. The predicted molar refractivity (Wildman–Crippen MR) is 82.7 cm³/mol. The first kappa shape index (κ1) is 22.7. The molecule has 10 heteroatoms. The van der Waals surface area contributed by atoms with Gasteiger partial charge in [0.2, 0.25) is 11.8 Å². The van der Waals surface area contributed by atoms with Gasteiger partial charge in [-0.05, 0) is 12.8 Å². The summed E-state index contributed by atoms with van der Waals surface area (Å²) in [5.74, 6) is -0.967. The van der Waals surface area contributed by atoms with E-state index in [1.54, 1.807) is 0 Å². The van der Waals surface area contributed by atoms with Crippen LogP contribution in [-0.4, -0.2) is 93.2 Å². The van der Waals surface area contributed by atoms with Crippen LogP contribution in [0.1, 0.15) is 25.7 Å². The zero-order valence-electron chi connectivity index (χ0n) is 13.6. The van der Waals surface area contributed by atoms with E-state index in [2.05, 4.69) is 10.6 Å². The summed E-state index contributed by atoms with van der Waals surface area (Å²) in [6, 6.07) is 0. The zero-order chi connectivity index (χ0) is 18.6. The largest absolute Gasteiger partial charge is 0.394 e. The Morgan fingerprint density at radius 1 is 0.583 bits per heavy atom. The van der Waals surface area contributed by atoms with Crippen molar-refractivity contribution < 1.29 is 40.2 Å². The van der Waals surface area contributed by atoms with Gasteiger partial charge in [0, 0.05) is 12.8 Å². The van der Waals surface area contributed by atoms with E-state index in [0.29, 0.717) is 12.8 Å². The first-order valence-corrected chi connectivity index (χ1v) is 7.63. The fraction of sp³-hybridized carbons (Fsp3) is 0.857. The normalized spacial score (nSPS) is 12.1. The quantitative estimate of drug-likeness (QED) is 0.155. The van der Waals surface area contributed by atoms with Gasteiger partial charge in [0.05, 0.1) is 39.6 Å². The van der Waals surface area contributed by atoms with Gasteiger partial charge in [-0.2, -0.15) is 0 Å². The fourth-order valence-electron chi connectivity index (χ4n) is 1.82. The molecule has 0 aromatic rings. The third-order valence-corrected chi connectivity index (χ3v) is 3.68. The van der Waals surface area contributed by atoms with E-state index < -0.39 is 62.5 Å². The average Bonchev–Trinajstić information content (AvgIpc) is 2.61. The van der Waals surface area contributed by atoms with Crippen LogP contribution in [-0.2, 0) is 9.59 Å². The molecule has 0 aliphatic carbocycles. The molecule has 0 aromatic carbocycles. The molecule has 0 aliphatic heterocycles. The lowest BCUT2D eigenvalue weighted by Gasteiger charge is -2.29. The van der Waals surface area contributed by atoms with Crippen molar-refractivity contribution in [2.45, 2.75) is 36.8 Å². The Hall–Kier alpha value is -1.30. The van der Waals surface area contributed by atoms with Gasteiger partial charge in [0.25, 0.3) is 0 Å². The SMILES string of the molecule is O=C(CCCCC(=O)NC(CO)(CO)CO)NC(CO)(CO)CO. The Labute approximate surface area is 140 Å². The smallest absolute Gasteiger partial charge is 0.220 e. The van der Waals surface area contributed by atoms with E-state index in [1.165, 1.54) is 0 Å². The van der Waals surface area contributed by atoms with Crippen LogP contribution in [0.3, 0.4) is 0 Å². The van der Waals surface area contributed by atoms with Gasteiger partial charge in [0.1, 0.15) is 11.1 Å². The number of carbonyl (C=O) groups is 2. The zero-order valence-corrected chi connectivity index (χ0v) is 13.6. The van der Waals surface area contributed by atoms with Crippen molar-refractivity contribution in [3.8, 4) is 0 Å². The van der Waals surface area contributed by atoms with Gasteiger partial charge in [-0.3, -0.25) is 9.59 Å². The van der Waals surface area contributed by atoms with Gasteiger partial charge in [-0.1, -0.05) is 0 Å². The van der Waals surface area contributed by atoms with Crippen molar-refractivity contribution >= 4 is 11.8 Å². The molecule has 0 aromatic heterocycles. The summed E-state index contributed by atoms with van der Waals surface area (Å²) in [6.45, 7) is -3.67. The average molecular weight is 352 g/mol. The second-order valence-corrected chi connectivity index (χ2v) is 5.81. The molecule has 0 aliphatic rings. The Kier molecular flexibility index (Phi) is 10.7. The third-order valence-electron chi connectivity index (χ3n) is 3.68. The minimum absolute atomic E-state index is 0.0279. The lowest BCUT2D eigenvalue weighted by molar-refractivity contribution is -0.127. The van der Waals surface area contributed by atoms with Crippen LogP contribution in [0.15, 0.2) is 0 Å². The number of rotatable bonds is 13. The van der Waals surface area contributed by atoms with Crippen LogP contribution >= 0.6 is 0 Å². The van der Waals surface area contributed by atoms with Crippen LogP contribution in [0.4, 0.5) is 0 Å². The third kappa shape index (κ3) is 7.07. The minimum atomic E-state index is -1.47. The lowest BCUT2D eigenvalue weighted by atomic mass is 10.0. The first-order valence-electron chi connectivity index (χ1n) is 7.63. The summed E-state index contributed by atoms with van der Waals surface area (Å²) in [5.41, 5.74) is -2.95. The number of unbranched alkanes of at least 4 members (excludes halogenated alkanes) is 1. The second kappa shape index (κ2) is 11.3. The van der Waals surface area contributed by atoms with Crippen molar-refractivity contribution in [1.82, 2.24) is 10.6 Å². The van der Waals surface area contributed by atoms with Gasteiger partial charge in [-0.25, -0.2) is 0 Å². The molecule has 0 fully saturated rings. The molecular weight excluding hydrogens is 324 g/mol. The van der Waals surface area contributed by atoms with Crippen molar-refractivity contribution in [2.24, 2.45) is 0 Å². The Morgan fingerprint density at radius 3 is 1.04 bits per heavy atom. The molecule has 0 atom stereocenters. The van der Waals surface area contributed by atoms with Gasteiger partial charge < -0.3 is 41.3 Å². The number of nitrogens with one attached hydrogen (secondary N) is 2. The maximum atomic E-state index is 11.7. The molecule has 10 nitrogen and oxygen atoms in total. The summed E-state index contributed by atoms with van der Waals surface area (Å²) in [5, 5.41) is 59.3. The summed E-state index contributed by atoms with van der Waals surface area (Å²) >= 11 is 0. The van der Waals surface area contributed by atoms with Crippen molar-refractivity contribution in [1.29, 1.82) is 0 Å². The van der Waals surface area contributed by atoms with E-state index in [0.717, 1.165) is 0 Å². The van der Waals surface area contributed by atoms with Crippen molar-refractivity contribution in [3.05, 3.63) is 0 Å². The van der Waals surface area contributed by atoms with Crippen molar-refractivity contribution in [2.75, 3.05) is 39.6 Å². The minimum Gasteiger partial charge on any atom is -0.394 e. The molecular formula is C14H28N2O8. The Bertz CT molecular complexity index is 330. The topological polar surface area (TPSA) is 180 Å². The monoisotopic (exact) mass is 352 g/mol. The number of aliphatic hydroxyl groups is 6. The molecule has 24 heavy (non-hydrogen) atoms. The van der Waals surface area contributed by atoms with Crippen LogP contribution < -0.4 is 10.6 Å². The molecule has 0 saturated carbocycles. The Balaban J connectivity index is 4.17. The Morgan fingerprint density at radius 2 is 0.833 bits per heavy atom. The van der Waals surface area contributed by atoms with Gasteiger partial charge in [-0.15, -0.1) is 0 Å². The highest BCUT2D eigenvalue weighted by Crippen LogP contribution is 2.07. The van der Waals surface area contributed by atoms with Crippen LogP contribution in [0.25, 0.3) is 0 Å². The highest BCUT2D eigenvalue weighted by atomic mass is 16.3. The van der Waals surface area contributed by atoms with E-state index >= 15 is 0 Å². The molecule has 8 N–H and O–H groups in total. The molecule has 0 heterocycles. The van der Waals surface area contributed by atoms with Gasteiger partial charge in [0.15, 0.2) is 0 Å². The van der Waals surface area contributed by atoms with Crippen LogP contribution in [0, 0.1) is 0 Å². The molecule has 0 spiro atoms. The number of aliphatic hydroxyl groups excluding tert-OH is 6.